The highest BCUT2D eigenvalue weighted by Crippen LogP contribution is 2.27. The lowest BCUT2D eigenvalue weighted by Crippen LogP contribution is -2.30. The Morgan fingerprint density at radius 3 is 2.50 bits per heavy atom. The molecule has 4 aromatic rings. The third-order valence-corrected chi connectivity index (χ3v) is 5.72. The molecule has 0 bridgehead atoms. The number of fused-ring (bicyclic) bond motifs is 1. The summed E-state index contributed by atoms with van der Waals surface area (Å²) in [7, 11) is 1.89. The number of amides is 2. The zero-order valence-electron chi connectivity index (χ0n) is 17.0. The maximum atomic E-state index is 12.7. The van der Waals surface area contributed by atoms with E-state index in [1.807, 2.05) is 28.4 Å². The number of carbonyl (C=O) groups excluding carboxylic acids is 2. The minimum atomic E-state index is -0.384. The molecule has 0 saturated heterocycles. The number of thiophene rings is 1. The van der Waals surface area contributed by atoms with Gasteiger partial charge in [0, 0.05) is 18.0 Å². The highest BCUT2D eigenvalue weighted by atomic mass is 32.1. The summed E-state index contributed by atoms with van der Waals surface area (Å²) in [5.41, 5.74) is 3.69. The number of imidazole rings is 1. The summed E-state index contributed by atoms with van der Waals surface area (Å²) < 4.78 is 1.86. The van der Waals surface area contributed by atoms with Crippen molar-refractivity contribution in [1.29, 1.82) is 0 Å². The number of rotatable bonds is 6. The fourth-order valence-electron chi connectivity index (χ4n) is 3.46. The molecule has 158 valence electrons. The molecule has 3 aromatic heterocycles. The fourth-order valence-corrected chi connectivity index (χ4v) is 4.10. The molecule has 0 aliphatic carbocycles. The van der Waals surface area contributed by atoms with E-state index in [1.165, 1.54) is 0 Å². The number of hydrogen-bond acceptors (Lipinski definition) is 7. The first-order chi connectivity index (χ1) is 15.6. The summed E-state index contributed by atoms with van der Waals surface area (Å²) in [5, 5.41) is 8.28. The number of oxime groups is 1. The number of aryl methyl sites for hydroxylation is 1. The third kappa shape index (κ3) is 3.48. The Labute approximate surface area is 187 Å². The van der Waals surface area contributed by atoms with Crippen LogP contribution in [0.25, 0.3) is 0 Å². The molecule has 8 nitrogen and oxygen atoms in total. The van der Waals surface area contributed by atoms with Gasteiger partial charge in [0.15, 0.2) is 6.61 Å². The van der Waals surface area contributed by atoms with Crippen molar-refractivity contribution in [2.45, 2.75) is 6.61 Å². The summed E-state index contributed by atoms with van der Waals surface area (Å²) in [6.07, 6.45) is 3.42. The summed E-state index contributed by atoms with van der Waals surface area (Å²) >= 11 is 1.56. The largest absolute Gasteiger partial charge is 0.389 e. The van der Waals surface area contributed by atoms with Crippen molar-refractivity contribution < 1.29 is 14.4 Å². The maximum Gasteiger partial charge on any atom is 0.267 e. The highest BCUT2D eigenvalue weighted by Gasteiger charge is 2.37. The van der Waals surface area contributed by atoms with E-state index in [-0.39, 0.29) is 24.2 Å². The number of carbonyl (C=O) groups is 2. The standard InChI is InChI=1S/C23H17N5O3S/c1-27-14-24-11-19(27)21(15-9-10-32-13-15)26-31-12-16-5-4-8-20(25-16)28-22(29)17-6-2-3-7-18(17)23(28)30/h2-11,13-14H,12H2,1H3/b26-21-. The van der Waals surface area contributed by atoms with Crippen LogP contribution in [-0.2, 0) is 18.5 Å². The molecule has 0 spiro atoms. The molecule has 1 aliphatic heterocycles. The van der Waals surface area contributed by atoms with Gasteiger partial charge in [0.05, 0.1) is 35.0 Å². The molecule has 0 saturated carbocycles. The molecule has 0 fully saturated rings. The molecule has 0 atom stereocenters. The lowest BCUT2D eigenvalue weighted by molar-refractivity contribution is 0.0924. The van der Waals surface area contributed by atoms with Crippen LogP contribution >= 0.6 is 11.3 Å². The van der Waals surface area contributed by atoms with Crippen molar-refractivity contribution in [3.05, 3.63) is 99.9 Å². The number of anilines is 1. The molecule has 4 heterocycles. The van der Waals surface area contributed by atoms with Crippen LogP contribution in [0.15, 0.2) is 77.0 Å². The number of benzene rings is 1. The van der Waals surface area contributed by atoms with E-state index in [0.717, 1.165) is 16.2 Å². The van der Waals surface area contributed by atoms with Gasteiger partial charge in [-0.05, 0) is 35.7 Å². The van der Waals surface area contributed by atoms with Gasteiger partial charge in [0.25, 0.3) is 11.8 Å². The Morgan fingerprint density at radius 1 is 1.06 bits per heavy atom. The molecule has 0 radical (unpaired) electrons. The van der Waals surface area contributed by atoms with E-state index in [0.29, 0.717) is 22.5 Å². The van der Waals surface area contributed by atoms with Crippen molar-refractivity contribution in [1.82, 2.24) is 14.5 Å². The Balaban J connectivity index is 1.38. The minimum absolute atomic E-state index is 0.0719. The van der Waals surface area contributed by atoms with Crippen molar-refractivity contribution in [3.8, 4) is 0 Å². The van der Waals surface area contributed by atoms with E-state index in [9.17, 15) is 9.59 Å². The number of nitrogens with zero attached hydrogens (tertiary/aromatic N) is 5. The van der Waals surface area contributed by atoms with E-state index in [1.54, 1.807) is 66.3 Å². The normalized spacial score (nSPS) is 13.5. The molecule has 0 unspecified atom stereocenters. The third-order valence-electron chi connectivity index (χ3n) is 5.04. The van der Waals surface area contributed by atoms with Gasteiger partial charge >= 0.3 is 0 Å². The van der Waals surface area contributed by atoms with Crippen molar-refractivity contribution in [3.63, 3.8) is 0 Å². The van der Waals surface area contributed by atoms with E-state index in [2.05, 4.69) is 15.1 Å². The first-order valence-electron chi connectivity index (χ1n) is 9.76. The van der Waals surface area contributed by atoms with Crippen LogP contribution in [-0.4, -0.2) is 32.1 Å². The first kappa shape index (κ1) is 19.8. The van der Waals surface area contributed by atoms with Crippen LogP contribution < -0.4 is 4.90 Å². The van der Waals surface area contributed by atoms with Gasteiger partial charge in [0.2, 0.25) is 0 Å². The molecule has 32 heavy (non-hydrogen) atoms. The summed E-state index contributed by atoms with van der Waals surface area (Å²) in [6, 6.07) is 13.8. The van der Waals surface area contributed by atoms with Crippen LogP contribution in [0.4, 0.5) is 5.82 Å². The quantitative estimate of drug-likeness (QED) is 0.258. The SMILES string of the molecule is Cn1cncc1/C(=N\OCc1cccc(N2C(=O)c3ccccc3C2=O)n1)c1ccsc1. The van der Waals surface area contributed by atoms with E-state index in [4.69, 9.17) is 4.84 Å². The van der Waals surface area contributed by atoms with Gasteiger partial charge in [-0.2, -0.15) is 11.3 Å². The Morgan fingerprint density at radius 2 is 1.84 bits per heavy atom. The lowest BCUT2D eigenvalue weighted by atomic mass is 10.1. The molecule has 1 aromatic carbocycles. The zero-order chi connectivity index (χ0) is 22.1. The lowest BCUT2D eigenvalue weighted by Gasteiger charge is -2.13. The van der Waals surface area contributed by atoms with Crippen molar-refractivity contribution in [2.24, 2.45) is 12.2 Å². The predicted octanol–water partition coefficient (Wildman–Crippen LogP) is 3.65. The van der Waals surface area contributed by atoms with Crippen molar-refractivity contribution in [2.75, 3.05) is 4.90 Å². The average molecular weight is 443 g/mol. The molecule has 9 heteroatoms. The first-order valence-corrected chi connectivity index (χ1v) is 10.7. The second-order valence-corrected chi connectivity index (χ2v) is 7.87. The number of imide groups is 1. The second kappa shape index (κ2) is 8.20. The number of hydrogen-bond donors (Lipinski definition) is 0. The summed E-state index contributed by atoms with van der Waals surface area (Å²) in [5.74, 6) is -0.513. The molecule has 1 aliphatic rings. The smallest absolute Gasteiger partial charge is 0.267 e. The Hall–Kier alpha value is -4.11. The van der Waals surface area contributed by atoms with Crippen LogP contribution in [0.1, 0.15) is 37.7 Å². The summed E-state index contributed by atoms with van der Waals surface area (Å²) in [6.45, 7) is 0.0719. The molecule has 0 N–H and O–H groups in total. The monoisotopic (exact) mass is 443 g/mol. The van der Waals surface area contributed by atoms with Crippen LogP contribution in [0, 0.1) is 0 Å². The van der Waals surface area contributed by atoms with Crippen molar-refractivity contribution >= 4 is 34.7 Å². The van der Waals surface area contributed by atoms with Gasteiger partial charge in [0.1, 0.15) is 11.5 Å². The molecular formula is C23H17N5O3S. The molecule has 5 rings (SSSR count). The highest BCUT2D eigenvalue weighted by molar-refractivity contribution is 7.08. The fraction of sp³-hybridized carbons (Fsp3) is 0.0870. The molecular weight excluding hydrogens is 426 g/mol. The predicted molar refractivity (Wildman–Crippen MR) is 120 cm³/mol. The van der Waals surface area contributed by atoms with E-state index < -0.39 is 0 Å². The Bertz CT molecular complexity index is 1310. The van der Waals surface area contributed by atoms with Crippen LogP contribution in [0.3, 0.4) is 0 Å². The van der Waals surface area contributed by atoms with Gasteiger partial charge in [-0.15, -0.1) is 0 Å². The van der Waals surface area contributed by atoms with E-state index >= 15 is 0 Å². The number of pyridine rings is 1. The van der Waals surface area contributed by atoms with Gasteiger partial charge in [-0.3, -0.25) is 9.59 Å². The zero-order valence-corrected chi connectivity index (χ0v) is 17.8. The summed E-state index contributed by atoms with van der Waals surface area (Å²) in [4.78, 5) is 40.8. The molecule has 2 amide bonds. The van der Waals surface area contributed by atoms with Gasteiger partial charge in [-0.1, -0.05) is 23.4 Å². The van der Waals surface area contributed by atoms with Crippen LogP contribution in [0.5, 0.6) is 0 Å². The Kier molecular flexibility index (Phi) is 5.08. The number of aromatic nitrogens is 3. The van der Waals surface area contributed by atoms with Gasteiger partial charge in [-0.25, -0.2) is 14.9 Å². The van der Waals surface area contributed by atoms with Gasteiger partial charge < -0.3 is 9.40 Å². The average Bonchev–Trinajstić information content (AvgIpc) is 3.54. The second-order valence-electron chi connectivity index (χ2n) is 7.09. The minimum Gasteiger partial charge on any atom is -0.389 e. The topological polar surface area (TPSA) is 89.7 Å². The maximum absolute atomic E-state index is 12.7. The van der Waals surface area contributed by atoms with Crippen LogP contribution in [0.2, 0.25) is 0 Å².